The molecule has 2 atom stereocenters. The maximum atomic E-state index is 11.5. The van der Waals surface area contributed by atoms with Crippen LogP contribution in [-0.2, 0) is 9.53 Å². The van der Waals surface area contributed by atoms with Gasteiger partial charge in [0.1, 0.15) is 0 Å². The first-order chi connectivity index (χ1) is 6.59. The molecule has 0 aromatic carbocycles. The second-order valence-electron chi connectivity index (χ2n) is 4.31. The second-order valence-corrected chi connectivity index (χ2v) is 4.31. The Hall–Kier alpha value is -0.610. The van der Waals surface area contributed by atoms with Crippen LogP contribution in [0.5, 0.6) is 0 Å². The molecule has 1 rings (SSSR count). The first kappa shape index (κ1) is 11.5. The predicted octanol–water partition coefficient (Wildman–Crippen LogP) is 0.265. The molecule has 1 fully saturated rings. The van der Waals surface area contributed by atoms with Crippen LogP contribution in [0.4, 0.5) is 0 Å². The molecule has 4 heteroatoms. The van der Waals surface area contributed by atoms with Crippen LogP contribution in [-0.4, -0.2) is 31.2 Å². The van der Waals surface area contributed by atoms with Gasteiger partial charge in [-0.3, -0.25) is 4.79 Å². The maximum absolute atomic E-state index is 11.5. The molecule has 1 heterocycles. The maximum Gasteiger partial charge on any atom is 0.237 e. The van der Waals surface area contributed by atoms with Crippen molar-refractivity contribution in [3.63, 3.8) is 0 Å². The van der Waals surface area contributed by atoms with Crippen molar-refractivity contribution < 1.29 is 9.53 Å². The Bertz CT molecular complexity index is 189. The van der Waals surface area contributed by atoms with Gasteiger partial charge in [0.25, 0.3) is 0 Å². The lowest BCUT2D eigenvalue weighted by Crippen LogP contribution is -2.46. The van der Waals surface area contributed by atoms with E-state index in [1.807, 2.05) is 0 Å². The molecule has 1 aliphatic rings. The number of hydrogen-bond acceptors (Lipinski definition) is 3. The number of carbonyl (C=O) groups is 1. The highest BCUT2D eigenvalue weighted by molar-refractivity contribution is 5.81. The molecule has 1 unspecified atom stereocenters. The van der Waals surface area contributed by atoms with Crippen molar-refractivity contribution in [1.82, 2.24) is 5.32 Å². The van der Waals surface area contributed by atoms with Crippen molar-refractivity contribution in [2.75, 3.05) is 13.2 Å². The SMILES string of the molecule is CC(C)C[C@H](N)C(=O)NC1CCOC1. The van der Waals surface area contributed by atoms with Crippen LogP contribution < -0.4 is 11.1 Å². The number of nitrogens with one attached hydrogen (secondary N) is 1. The lowest BCUT2D eigenvalue weighted by Gasteiger charge is -2.16. The fourth-order valence-corrected chi connectivity index (χ4v) is 1.57. The van der Waals surface area contributed by atoms with Crippen molar-refractivity contribution in [3.05, 3.63) is 0 Å². The summed E-state index contributed by atoms with van der Waals surface area (Å²) in [6.07, 6.45) is 1.64. The van der Waals surface area contributed by atoms with Crippen molar-refractivity contribution in [2.45, 2.75) is 38.8 Å². The second kappa shape index (κ2) is 5.32. The van der Waals surface area contributed by atoms with E-state index in [0.717, 1.165) is 19.4 Å². The zero-order valence-electron chi connectivity index (χ0n) is 8.95. The summed E-state index contributed by atoms with van der Waals surface area (Å²) in [6.45, 7) is 5.49. The molecule has 3 N–H and O–H groups in total. The molecule has 82 valence electrons. The number of rotatable bonds is 4. The Morgan fingerprint density at radius 3 is 2.86 bits per heavy atom. The zero-order valence-corrected chi connectivity index (χ0v) is 8.95. The van der Waals surface area contributed by atoms with E-state index in [-0.39, 0.29) is 18.0 Å². The number of amides is 1. The molecule has 0 bridgehead atoms. The van der Waals surface area contributed by atoms with Gasteiger partial charge >= 0.3 is 0 Å². The molecule has 0 spiro atoms. The van der Waals surface area contributed by atoms with Gasteiger partial charge in [0.05, 0.1) is 18.7 Å². The first-order valence-corrected chi connectivity index (χ1v) is 5.23. The van der Waals surface area contributed by atoms with E-state index >= 15 is 0 Å². The summed E-state index contributed by atoms with van der Waals surface area (Å²) in [7, 11) is 0. The Morgan fingerprint density at radius 2 is 2.36 bits per heavy atom. The Kier molecular flexibility index (Phi) is 4.35. The third-order valence-electron chi connectivity index (χ3n) is 2.34. The smallest absolute Gasteiger partial charge is 0.237 e. The minimum atomic E-state index is -0.379. The van der Waals surface area contributed by atoms with Crippen molar-refractivity contribution in [3.8, 4) is 0 Å². The van der Waals surface area contributed by atoms with Crippen LogP contribution in [0.2, 0.25) is 0 Å². The summed E-state index contributed by atoms with van der Waals surface area (Å²) in [5.74, 6) is 0.407. The molecule has 4 nitrogen and oxygen atoms in total. The Morgan fingerprint density at radius 1 is 1.64 bits per heavy atom. The summed E-state index contributed by atoms with van der Waals surface area (Å²) in [5, 5.41) is 2.90. The van der Waals surface area contributed by atoms with Gasteiger partial charge in [-0.1, -0.05) is 13.8 Å². The fraction of sp³-hybridized carbons (Fsp3) is 0.900. The van der Waals surface area contributed by atoms with E-state index in [0.29, 0.717) is 12.5 Å². The summed E-state index contributed by atoms with van der Waals surface area (Å²) in [5.41, 5.74) is 5.74. The van der Waals surface area contributed by atoms with E-state index in [1.54, 1.807) is 0 Å². The first-order valence-electron chi connectivity index (χ1n) is 5.23. The molecule has 0 aromatic heterocycles. The quantitative estimate of drug-likeness (QED) is 0.684. The van der Waals surface area contributed by atoms with Crippen LogP contribution >= 0.6 is 0 Å². The molecule has 14 heavy (non-hydrogen) atoms. The third kappa shape index (κ3) is 3.64. The highest BCUT2D eigenvalue weighted by Crippen LogP contribution is 2.06. The van der Waals surface area contributed by atoms with Gasteiger partial charge in [0, 0.05) is 6.61 Å². The van der Waals surface area contributed by atoms with Gasteiger partial charge in [-0.05, 0) is 18.8 Å². The molecule has 1 aliphatic heterocycles. The van der Waals surface area contributed by atoms with Crippen LogP contribution in [0.3, 0.4) is 0 Å². The van der Waals surface area contributed by atoms with Crippen LogP contribution in [0.25, 0.3) is 0 Å². The highest BCUT2D eigenvalue weighted by Gasteiger charge is 2.21. The Balaban J connectivity index is 2.25. The fourth-order valence-electron chi connectivity index (χ4n) is 1.57. The summed E-state index contributed by atoms with van der Waals surface area (Å²) in [6, 6.07) is -0.212. The molecule has 1 saturated heterocycles. The molecular weight excluding hydrogens is 180 g/mol. The average Bonchev–Trinajstić information content (AvgIpc) is 2.55. The third-order valence-corrected chi connectivity index (χ3v) is 2.34. The van der Waals surface area contributed by atoms with Crippen molar-refractivity contribution in [1.29, 1.82) is 0 Å². The Labute approximate surface area is 85.2 Å². The number of nitrogens with two attached hydrogens (primary N) is 1. The minimum Gasteiger partial charge on any atom is -0.379 e. The van der Waals surface area contributed by atoms with E-state index in [1.165, 1.54) is 0 Å². The topological polar surface area (TPSA) is 64.4 Å². The lowest BCUT2D eigenvalue weighted by molar-refractivity contribution is -0.123. The van der Waals surface area contributed by atoms with Gasteiger partial charge in [-0.2, -0.15) is 0 Å². The van der Waals surface area contributed by atoms with E-state index in [2.05, 4.69) is 19.2 Å². The standard InChI is InChI=1S/C10H20N2O2/c1-7(2)5-9(11)10(13)12-8-3-4-14-6-8/h7-9H,3-6,11H2,1-2H3,(H,12,13)/t8?,9-/m0/s1. The average molecular weight is 200 g/mol. The molecule has 0 saturated carbocycles. The zero-order chi connectivity index (χ0) is 10.6. The molecule has 1 amide bonds. The van der Waals surface area contributed by atoms with Gasteiger partial charge in [-0.15, -0.1) is 0 Å². The number of carbonyl (C=O) groups excluding carboxylic acids is 1. The van der Waals surface area contributed by atoms with Crippen LogP contribution in [0.15, 0.2) is 0 Å². The van der Waals surface area contributed by atoms with Gasteiger partial charge < -0.3 is 15.8 Å². The van der Waals surface area contributed by atoms with Crippen molar-refractivity contribution >= 4 is 5.91 Å². The van der Waals surface area contributed by atoms with E-state index < -0.39 is 0 Å². The predicted molar refractivity (Wildman–Crippen MR) is 54.8 cm³/mol. The molecule has 0 aromatic rings. The van der Waals surface area contributed by atoms with Gasteiger partial charge in [0.15, 0.2) is 0 Å². The lowest BCUT2D eigenvalue weighted by atomic mass is 10.0. The summed E-state index contributed by atoms with van der Waals surface area (Å²) in [4.78, 5) is 11.5. The molecule has 0 aliphatic carbocycles. The molecular formula is C10H20N2O2. The highest BCUT2D eigenvalue weighted by atomic mass is 16.5. The number of ether oxygens (including phenoxy) is 1. The van der Waals surface area contributed by atoms with Crippen molar-refractivity contribution in [2.24, 2.45) is 11.7 Å². The van der Waals surface area contributed by atoms with Crippen LogP contribution in [0.1, 0.15) is 26.7 Å². The summed E-state index contributed by atoms with van der Waals surface area (Å²) < 4.78 is 5.16. The normalized spacial score (nSPS) is 23.9. The molecule has 0 radical (unpaired) electrons. The minimum absolute atomic E-state index is 0.0470. The monoisotopic (exact) mass is 200 g/mol. The van der Waals surface area contributed by atoms with Crippen LogP contribution in [0, 0.1) is 5.92 Å². The van der Waals surface area contributed by atoms with E-state index in [4.69, 9.17) is 10.5 Å². The largest absolute Gasteiger partial charge is 0.379 e. The number of hydrogen-bond donors (Lipinski definition) is 2. The van der Waals surface area contributed by atoms with E-state index in [9.17, 15) is 4.79 Å². The van der Waals surface area contributed by atoms with Gasteiger partial charge in [-0.25, -0.2) is 0 Å². The van der Waals surface area contributed by atoms with Gasteiger partial charge in [0.2, 0.25) is 5.91 Å². The summed E-state index contributed by atoms with van der Waals surface area (Å²) >= 11 is 0.